The predicted molar refractivity (Wildman–Crippen MR) is 63.8 cm³/mol. The Hall–Kier alpha value is -1.41. The van der Waals surface area contributed by atoms with E-state index in [4.69, 9.17) is 0 Å². The van der Waals surface area contributed by atoms with Crippen LogP contribution in [0.15, 0.2) is 36.4 Å². The predicted octanol–water partition coefficient (Wildman–Crippen LogP) is 2.43. The summed E-state index contributed by atoms with van der Waals surface area (Å²) in [6, 6.07) is 9.85. The lowest BCUT2D eigenvalue weighted by Gasteiger charge is -2.33. The van der Waals surface area contributed by atoms with E-state index in [0.29, 0.717) is 0 Å². The summed E-state index contributed by atoms with van der Waals surface area (Å²) in [5, 5.41) is 9.78. The molecule has 2 nitrogen and oxygen atoms in total. The Morgan fingerprint density at radius 3 is 2.44 bits per heavy atom. The molecule has 0 radical (unpaired) electrons. The molecule has 1 aromatic rings. The smallest absolute Gasteiger partial charge is 0.184 e. The molecule has 0 aromatic heterocycles. The fourth-order valence-electron chi connectivity index (χ4n) is 2.11. The van der Waals surface area contributed by atoms with Gasteiger partial charge in [0, 0.05) is 5.41 Å². The molecule has 84 valence electrons. The number of allylic oxidation sites excluding steroid dienone is 1. The molecule has 1 N–H and O–H groups in total. The van der Waals surface area contributed by atoms with E-state index in [9.17, 15) is 9.90 Å². The minimum absolute atomic E-state index is 0.185. The van der Waals surface area contributed by atoms with Crippen molar-refractivity contribution in [1.29, 1.82) is 0 Å². The van der Waals surface area contributed by atoms with Crippen LogP contribution in [-0.4, -0.2) is 17.0 Å². The second kappa shape index (κ2) is 3.87. The van der Waals surface area contributed by atoms with Crippen molar-refractivity contribution >= 4 is 11.4 Å². The molecule has 2 rings (SSSR count). The van der Waals surface area contributed by atoms with Gasteiger partial charge in [0.1, 0.15) is 6.10 Å². The van der Waals surface area contributed by atoms with Crippen LogP contribution in [0.25, 0.3) is 5.57 Å². The van der Waals surface area contributed by atoms with E-state index in [1.54, 1.807) is 6.08 Å². The Labute approximate surface area is 95.6 Å². The van der Waals surface area contributed by atoms with Gasteiger partial charge in [-0.15, -0.1) is 0 Å². The third-order valence-corrected chi connectivity index (χ3v) is 3.12. The van der Waals surface area contributed by atoms with Crippen molar-refractivity contribution in [2.24, 2.45) is 5.41 Å². The molecule has 1 aliphatic rings. The lowest BCUT2D eigenvalue weighted by atomic mass is 9.73. The summed E-state index contributed by atoms with van der Waals surface area (Å²) in [5.41, 5.74) is 1.70. The first-order valence-corrected chi connectivity index (χ1v) is 5.48. The van der Waals surface area contributed by atoms with E-state index >= 15 is 0 Å². The number of rotatable bonds is 1. The molecular formula is C14H16O2. The molecule has 1 aliphatic carbocycles. The van der Waals surface area contributed by atoms with Crippen LogP contribution in [0.5, 0.6) is 0 Å². The normalized spacial score (nSPS) is 24.1. The van der Waals surface area contributed by atoms with Gasteiger partial charge in [0.05, 0.1) is 0 Å². The van der Waals surface area contributed by atoms with E-state index in [-0.39, 0.29) is 11.2 Å². The Balaban J connectivity index is 2.38. The molecule has 0 fully saturated rings. The highest BCUT2D eigenvalue weighted by atomic mass is 16.3. The van der Waals surface area contributed by atoms with Crippen molar-refractivity contribution < 1.29 is 9.90 Å². The first kappa shape index (κ1) is 11.1. The summed E-state index contributed by atoms with van der Waals surface area (Å²) in [6.07, 6.45) is 1.43. The average molecular weight is 216 g/mol. The highest BCUT2D eigenvalue weighted by molar-refractivity contribution is 6.02. The van der Waals surface area contributed by atoms with Crippen LogP contribution in [-0.2, 0) is 4.79 Å². The molecule has 0 unspecified atom stereocenters. The zero-order valence-electron chi connectivity index (χ0n) is 9.60. The van der Waals surface area contributed by atoms with Crippen molar-refractivity contribution in [2.75, 3.05) is 0 Å². The van der Waals surface area contributed by atoms with E-state index in [1.807, 2.05) is 44.2 Å². The minimum atomic E-state index is -0.875. The third-order valence-electron chi connectivity index (χ3n) is 3.12. The molecular weight excluding hydrogens is 200 g/mol. The number of ketones is 1. The number of benzene rings is 1. The van der Waals surface area contributed by atoms with Crippen LogP contribution in [0.4, 0.5) is 0 Å². The number of hydrogen-bond donors (Lipinski definition) is 1. The summed E-state index contributed by atoms with van der Waals surface area (Å²) in [7, 11) is 0. The molecule has 0 spiro atoms. The first-order valence-electron chi connectivity index (χ1n) is 5.48. The van der Waals surface area contributed by atoms with E-state index in [0.717, 1.165) is 17.6 Å². The lowest BCUT2D eigenvalue weighted by Crippen LogP contribution is -2.38. The number of carbonyl (C=O) groups is 1. The average Bonchev–Trinajstić information content (AvgIpc) is 2.26. The fraction of sp³-hybridized carbons (Fsp3) is 0.357. The molecule has 2 heteroatoms. The van der Waals surface area contributed by atoms with Crippen molar-refractivity contribution in [3.63, 3.8) is 0 Å². The standard InChI is InChI=1S/C14H16O2/c1-14(2)9-11(8-12(15)13(14)16)10-6-4-3-5-7-10/h3-8,13,16H,9H2,1-2H3/t13-/m1/s1. The van der Waals surface area contributed by atoms with Gasteiger partial charge >= 0.3 is 0 Å². The van der Waals surface area contributed by atoms with Crippen molar-refractivity contribution in [3.8, 4) is 0 Å². The van der Waals surface area contributed by atoms with Crippen molar-refractivity contribution in [2.45, 2.75) is 26.4 Å². The van der Waals surface area contributed by atoms with E-state index < -0.39 is 6.10 Å². The fourth-order valence-corrected chi connectivity index (χ4v) is 2.11. The van der Waals surface area contributed by atoms with Crippen molar-refractivity contribution in [1.82, 2.24) is 0 Å². The number of aliphatic hydroxyl groups excluding tert-OH is 1. The van der Waals surface area contributed by atoms with Crippen LogP contribution in [0.2, 0.25) is 0 Å². The Kier molecular flexibility index (Phi) is 2.68. The maximum atomic E-state index is 11.7. The molecule has 0 bridgehead atoms. The summed E-state index contributed by atoms with van der Waals surface area (Å²) in [5.74, 6) is -0.185. The molecule has 0 heterocycles. The van der Waals surface area contributed by atoms with Crippen LogP contribution < -0.4 is 0 Å². The van der Waals surface area contributed by atoms with Gasteiger partial charge < -0.3 is 5.11 Å². The van der Waals surface area contributed by atoms with E-state index in [2.05, 4.69) is 0 Å². The quantitative estimate of drug-likeness (QED) is 0.782. The Morgan fingerprint density at radius 2 is 1.88 bits per heavy atom. The zero-order valence-corrected chi connectivity index (χ0v) is 9.60. The maximum Gasteiger partial charge on any atom is 0.184 e. The van der Waals surface area contributed by atoms with Gasteiger partial charge in [-0.1, -0.05) is 44.2 Å². The largest absolute Gasteiger partial charge is 0.384 e. The monoisotopic (exact) mass is 216 g/mol. The second-order valence-corrected chi connectivity index (χ2v) is 5.01. The molecule has 16 heavy (non-hydrogen) atoms. The topological polar surface area (TPSA) is 37.3 Å². The zero-order chi connectivity index (χ0) is 11.8. The second-order valence-electron chi connectivity index (χ2n) is 5.01. The van der Waals surface area contributed by atoms with Gasteiger partial charge in [-0.2, -0.15) is 0 Å². The highest BCUT2D eigenvalue weighted by Gasteiger charge is 2.37. The first-order chi connectivity index (χ1) is 7.50. The SMILES string of the molecule is CC1(C)CC(c2ccccc2)=CC(=O)[C@H]1O. The summed E-state index contributed by atoms with van der Waals surface area (Å²) < 4.78 is 0. The van der Waals surface area contributed by atoms with Crippen LogP contribution >= 0.6 is 0 Å². The highest BCUT2D eigenvalue weighted by Crippen LogP contribution is 2.38. The van der Waals surface area contributed by atoms with Gasteiger partial charge in [0.2, 0.25) is 0 Å². The molecule has 0 saturated heterocycles. The summed E-state index contributed by atoms with van der Waals surface area (Å²) >= 11 is 0. The molecule has 1 atom stereocenters. The molecule has 0 saturated carbocycles. The summed E-state index contributed by atoms with van der Waals surface area (Å²) in [6.45, 7) is 3.84. The molecule has 0 amide bonds. The van der Waals surface area contributed by atoms with Gasteiger partial charge in [0.25, 0.3) is 0 Å². The third kappa shape index (κ3) is 1.93. The lowest BCUT2D eigenvalue weighted by molar-refractivity contribution is -0.128. The van der Waals surface area contributed by atoms with Gasteiger partial charge in [-0.25, -0.2) is 0 Å². The van der Waals surface area contributed by atoms with E-state index in [1.165, 1.54) is 0 Å². The minimum Gasteiger partial charge on any atom is -0.384 e. The molecule has 1 aromatic carbocycles. The Bertz CT molecular complexity index is 429. The maximum absolute atomic E-state index is 11.7. The molecule has 0 aliphatic heterocycles. The number of hydrogen-bond acceptors (Lipinski definition) is 2. The van der Waals surface area contributed by atoms with Gasteiger partial charge in [-0.05, 0) is 23.6 Å². The van der Waals surface area contributed by atoms with Gasteiger partial charge in [0.15, 0.2) is 5.78 Å². The van der Waals surface area contributed by atoms with Crippen LogP contribution in [0.1, 0.15) is 25.8 Å². The Morgan fingerprint density at radius 1 is 1.25 bits per heavy atom. The van der Waals surface area contributed by atoms with Crippen molar-refractivity contribution in [3.05, 3.63) is 42.0 Å². The number of carbonyl (C=O) groups excluding carboxylic acids is 1. The summed E-state index contributed by atoms with van der Waals surface area (Å²) in [4.78, 5) is 11.7. The van der Waals surface area contributed by atoms with Crippen LogP contribution in [0, 0.1) is 5.41 Å². The van der Waals surface area contributed by atoms with Crippen LogP contribution in [0.3, 0.4) is 0 Å². The number of aliphatic hydroxyl groups is 1. The van der Waals surface area contributed by atoms with Gasteiger partial charge in [-0.3, -0.25) is 4.79 Å².